The number of rotatable bonds is 6. The zero-order valence-corrected chi connectivity index (χ0v) is 12.4. The second-order valence-electron chi connectivity index (χ2n) is 4.41. The molecule has 1 aromatic carbocycles. The number of halogens is 3. The lowest BCUT2D eigenvalue weighted by Gasteiger charge is -2.23. The minimum absolute atomic E-state index is 0.0570. The van der Waals surface area contributed by atoms with Crippen LogP contribution in [-0.4, -0.2) is 19.2 Å². The summed E-state index contributed by atoms with van der Waals surface area (Å²) in [5, 5.41) is 3.15. The van der Waals surface area contributed by atoms with Crippen molar-refractivity contribution in [2.75, 3.05) is 13.1 Å². The van der Waals surface area contributed by atoms with E-state index in [2.05, 4.69) is 21.2 Å². The minimum atomic E-state index is -0.944. The monoisotopic (exact) mass is 321 g/mol. The topological polar surface area (TPSA) is 21.3 Å². The Morgan fingerprint density at radius 3 is 2.56 bits per heavy atom. The van der Waals surface area contributed by atoms with Gasteiger partial charge >= 0.3 is 0 Å². The number of ether oxygens (including phenoxy) is 1. The first-order valence-corrected chi connectivity index (χ1v) is 6.76. The van der Waals surface area contributed by atoms with Gasteiger partial charge in [0, 0.05) is 11.0 Å². The Bertz CT molecular complexity index is 399. The van der Waals surface area contributed by atoms with Gasteiger partial charge in [0.05, 0.1) is 0 Å². The van der Waals surface area contributed by atoms with Gasteiger partial charge in [-0.2, -0.15) is 4.39 Å². The lowest BCUT2D eigenvalue weighted by atomic mass is 10.1. The molecule has 0 fully saturated rings. The predicted molar refractivity (Wildman–Crippen MR) is 71.9 cm³/mol. The zero-order valence-electron chi connectivity index (χ0n) is 10.8. The smallest absolute Gasteiger partial charge is 0.200 e. The molecule has 18 heavy (non-hydrogen) atoms. The number of hydrogen-bond acceptors (Lipinski definition) is 2. The van der Waals surface area contributed by atoms with Crippen LogP contribution in [0.5, 0.6) is 5.75 Å². The Labute approximate surface area is 115 Å². The van der Waals surface area contributed by atoms with Crippen molar-refractivity contribution in [2.45, 2.75) is 26.9 Å². The highest BCUT2D eigenvalue weighted by atomic mass is 79.9. The van der Waals surface area contributed by atoms with E-state index < -0.39 is 11.6 Å². The Balaban J connectivity index is 2.86. The third-order valence-electron chi connectivity index (χ3n) is 2.58. The molecule has 0 amide bonds. The highest BCUT2D eigenvalue weighted by Gasteiger charge is 2.19. The van der Waals surface area contributed by atoms with Crippen molar-refractivity contribution in [2.24, 2.45) is 5.92 Å². The highest BCUT2D eigenvalue weighted by molar-refractivity contribution is 9.10. The van der Waals surface area contributed by atoms with Gasteiger partial charge in [-0.25, -0.2) is 4.39 Å². The summed E-state index contributed by atoms with van der Waals surface area (Å²) < 4.78 is 32.9. The van der Waals surface area contributed by atoms with Crippen molar-refractivity contribution in [3.63, 3.8) is 0 Å². The van der Waals surface area contributed by atoms with Crippen LogP contribution in [0.25, 0.3) is 0 Å². The second kappa shape index (κ2) is 7.04. The van der Waals surface area contributed by atoms with Gasteiger partial charge in [0.1, 0.15) is 6.10 Å². The number of likely N-dealkylation sites (N-methyl/N-ethyl adjacent to an activating group) is 1. The molecule has 0 heterocycles. The molecule has 0 aliphatic rings. The van der Waals surface area contributed by atoms with E-state index in [4.69, 9.17) is 4.74 Å². The first-order valence-electron chi connectivity index (χ1n) is 5.97. The standard InChI is InChI=1S/C13H18BrF2NO/c1-4-17-7-12(8(2)3)18-11-6-9(14)5-10(15)13(11)16/h5-6,8,12,17H,4,7H2,1-3H3. The molecule has 102 valence electrons. The van der Waals surface area contributed by atoms with E-state index in [0.29, 0.717) is 11.0 Å². The molecule has 0 spiro atoms. The molecular formula is C13H18BrF2NO. The third kappa shape index (κ3) is 4.21. The minimum Gasteiger partial charge on any atom is -0.486 e. The van der Waals surface area contributed by atoms with Crippen molar-refractivity contribution in [1.29, 1.82) is 0 Å². The third-order valence-corrected chi connectivity index (χ3v) is 3.03. The van der Waals surface area contributed by atoms with Gasteiger partial charge < -0.3 is 10.1 Å². The molecule has 0 saturated carbocycles. The summed E-state index contributed by atoms with van der Waals surface area (Å²) in [6.07, 6.45) is -0.201. The van der Waals surface area contributed by atoms with Gasteiger partial charge in [-0.1, -0.05) is 36.7 Å². The van der Waals surface area contributed by atoms with E-state index in [1.54, 1.807) is 0 Å². The van der Waals surface area contributed by atoms with Crippen molar-refractivity contribution in [3.8, 4) is 5.75 Å². The average molecular weight is 322 g/mol. The Kier molecular flexibility index (Phi) is 6.02. The fourth-order valence-electron chi connectivity index (χ4n) is 1.48. The molecule has 0 bridgehead atoms. The van der Waals surface area contributed by atoms with E-state index in [9.17, 15) is 8.78 Å². The summed E-state index contributed by atoms with van der Waals surface area (Å²) in [6.45, 7) is 7.35. The molecule has 2 nitrogen and oxygen atoms in total. The van der Waals surface area contributed by atoms with Crippen LogP contribution in [0.15, 0.2) is 16.6 Å². The lowest BCUT2D eigenvalue weighted by molar-refractivity contribution is 0.142. The summed E-state index contributed by atoms with van der Waals surface area (Å²) in [5.41, 5.74) is 0. The SMILES string of the molecule is CCNCC(Oc1cc(Br)cc(F)c1F)C(C)C. The van der Waals surface area contributed by atoms with Crippen LogP contribution in [0.3, 0.4) is 0 Å². The van der Waals surface area contributed by atoms with Crippen molar-refractivity contribution in [1.82, 2.24) is 5.32 Å². The second-order valence-corrected chi connectivity index (χ2v) is 5.32. The normalized spacial score (nSPS) is 12.8. The van der Waals surface area contributed by atoms with Crippen LogP contribution in [0.2, 0.25) is 0 Å². The molecule has 0 radical (unpaired) electrons. The van der Waals surface area contributed by atoms with Gasteiger partial charge in [0.25, 0.3) is 0 Å². The van der Waals surface area contributed by atoms with Gasteiger partial charge in [-0.05, 0) is 24.6 Å². The summed E-state index contributed by atoms with van der Waals surface area (Å²) in [7, 11) is 0. The predicted octanol–water partition coefficient (Wildman–Crippen LogP) is 3.74. The molecule has 0 aliphatic carbocycles. The van der Waals surface area contributed by atoms with Crippen LogP contribution in [0.4, 0.5) is 8.78 Å². The summed E-state index contributed by atoms with van der Waals surface area (Å²) >= 11 is 3.12. The van der Waals surface area contributed by atoms with Gasteiger partial charge in [0.2, 0.25) is 5.82 Å². The maximum atomic E-state index is 13.6. The molecule has 0 aromatic heterocycles. The van der Waals surface area contributed by atoms with Crippen LogP contribution in [0, 0.1) is 17.6 Å². The first-order chi connectivity index (χ1) is 8.45. The van der Waals surface area contributed by atoms with Crippen LogP contribution < -0.4 is 10.1 Å². The van der Waals surface area contributed by atoms with Gasteiger partial charge in [-0.15, -0.1) is 0 Å². The largest absolute Gasteiger partial charge is 0.486 e. The zero-order chi connectivity index (χ0) is 13.7. The summed E-state index contributed by atoms with van der Waals surface area (Å²) in [4.78, 5) is 0. The van der Waals surface area contributed by atoms with Crippen LogP contribution in [-0.2, 0) is 0 Å². The highest BCUT2D eigenvalue weighted by Crippen LogP contribution is 2.27. The number of nitrogens with one attached hydrogen (secondary N) is 1. The first kappa shape index (κ1) is 15.4. The Morgan fingerprint density at radius 1 is 1.33 bits per heavy atom. The van der Waals surface area contributed by atoms with E-state index >= 15 is 0 Å². The van der Waals surface area contributed by atoms with E-state index in [0.717, 1.165) is 12.6 Å². The fourth-order valence-corrected chi connectivity index (χ4v) is 1.89. The van der Waals surface area contributed by atoms with Crippen LogP contribution >= 0.6 is 15.9 Å². The molecular weight excluding hydrogens is 304 g/mol. The van der Waals surface area contributed by atoms with E-state index in [-0.39, 0.29) is 17.8 Å². The van der Waals surface area contributed by atoms with Gasteiger partial charge in [-0.3, -0.25) is 0 Å². The molecule has 0 saturated heterocycles. The molecule has 1 aromatic rings. The fraction of sp³-hybridized carbons (Fsp3) is 0.538. The molecule has 1 rings (SSSR count). The molecule has 5 heteroatoms. The number of hydrogen-bond donors (Lipinski definition) is 1. The number of benzene rings is 1. The Morgan fingerprint density at radius 2 is 2.00 bits per heavy atom. The maximum absolute atomic E-state index is 13.6. The molecule has 1 unspecified atom stereocenters. The molecule has 0 aliphatic heterocycles. The van der Waals surface area contributed by atoms with Crippen LogP contribution in [0.1, 0.15) is 20.8 Å². The van der Waals surface area contributed by atoms with Gasteiger partial charge in [0.15, 0.2) is 11.6 Å². The summed E-state index contributed by atoms with van der Waals surface area (Å²) in [6, 6.07) is 2.52. The van der Waals surface area contributed by atoms with E-state index in [1.165, 1.54) is 6.07 Å². The van der Waals surface area contributed by atoms with Crippen molar-refractivity contribution in [3.05, 3.63) is 28.2 Å². The van der Waals surface area contributed by atoms with Crippen molar-refractivity contribution >= 4 is 15.9 Å². The maximum Gasteiger partial charge on any atom is 0.200 e. The van der Waals surface area contributed by atoms with E-state index in [1.807, 2.05) is 20.8 Å². The molecule has 1 atom stereocenters. The lowest BCUT2D eigenvalue weighted by Crippen LogP contribution is -2.35. The quantitative estimate of drug-likeness (QED) is 0.806. The summed E-state index contributed by atoms with van der Waals surface area (Å²) in [5.74, 6) is -1.71. The Hall–Kier alpha value is -0.680. The average Bonchev–Trinajstić information content (AvgIpc) is 2.29. The molecule has 1 N–H and O–H groups in total. The van der Waals surface area contributed by atoms with Crippen molar-refractivity contribution < 1.29 is 13.5 Å².